The fourth-order valence-corrected chi connectivity index (χ4v) is 1.24. The van der Waals surface area contributed by atoms with Crippen LogP contribution in [0.25, 0.3) is 0 Å². The van der Waals surface area contributed by atoms with Crippen LogP contribution in [-0.2, 0) is 4.79 Å². The van der Waals surface area contributed by atoms with Crippen molar-refractivity contribution in [2.24, 2.45) is 5.73 Å². The molecule has 0 aliphatic heterocycles. The fourth-order valence-electron chi connectivity index (χ4n) is 1.24. The van der Waals surface area contributed by atoms with E-state index in [-0.39, 0.29) is 35.5 Å². The van der Waals surface area contributed by atoms with Crippen LogP contribution in [0.3, 0.4) is 0 Å². The maximum absolute atomic E-state index is 10.6. The van der Waals surface area contributed by atoms with Crippen molar-refractivity contribution in [3.63, 3.8) is 0 Å². The van der Waals surface area contributed by atoms with E-state index in [2.05, 4.69) is 13.5 Å². The van der Waals surface area contributed by atoms with Gasteiger partial charge in [0, 0.05) is 35.1 Å². The molecule has 0 aromatic carbocycles. The van der Waals surface area contributed by atoms with Gasteiger partial charge in [-0.1, -0.05) is 45.6 Å². The van der Waals surface area contributed by atoms with Gasteiger partial charge in [0.15, 0.2) is 0 Å². The largest absolute Gasteiger partial charge is 0.366 e. The smallest absolute Gasteiger partial charge is 0.244 e. The summed E-state index contributed by atoms with van der Waals surface area (Å²) in [5.41, 5.74) is 5.63. The number of rotatable bonds is 8. The van der Waals surface area contributed by atoms with Gasteiger partial charge in [-0.3, -0.25) is 4.79 Å². The molecule has 0 bridgehead atoms. The Labute approximate surface area is 110 Å². The molecule has 2 N–H and O–H groups in total. The zero-order valence-electron chi connectivity index (χ0n) is 9.64. The Morgan fingerprint density at radius 2 is 1.64 bits per heavy atom. The van der Waals surface area contributed by atoms with Gasteiger partial charge in [0.05, 0.1) is 0 Å². The summed E-state index contributed by atoms with van der Waals surface area (Å²) in [5, 5.41) is 0. The van der Waals surface area contributed by atoms with E-state index in [4.69, 9.17) is 5.73 Å². The van der Waals surface area contributed by atoms with E-state index < -0.39 is 0 Å². The van der Waals surface area contributed by atoms with Crippen molar-refractivity contribution in [1.29, 1.82) is 0 Å². The molecule has 77 valence electrons. The second-order valence-corrected chi connectivity index (χ2v) is 3.49. The molecule has 0 spiro atoms. The molecule has 0 rings (SSSR count). The molecule has 0 fully saturated rings. The van der Waals surface area contributed by atoms with E-state index in [9.17, 15) is 4.79 Å². The third-order valence-electron chi connectivity index (χ3n) is 2.18. The standard InChI is InChI=1S/C11H21NO.Na/c1-3-4-5-6-7-8-9-10(2)11(12)13;/h2-9H2,1H3,(H2,12,13);. The van der Waals surface area contributed by atoms with Crippen molar-refractivity contribution in [3.8, 4) is 0 Å². The third kappa shape index (κ3) is 10.3. The summed E-state index contributed by atoms with van der Waals surface area (Å²) < 4.78 is 0. The Morgan fingerprint density at radius 3 is 2.14 bits per heavy atom. The normalized spacial score (nSPS) is 9.21. The Morgan fingerprint density at radius 1 is 1.14 bits per heavy atom. The van der Waals surface area contributed by atoms with E-state index in [0.717, 1.165) is 12.8 Å². The molecule has 0 unspecified atom stereocenters. The number of hydrogen-bond donors (Lipinski definition) is 1. The van der Waals surface area contributed by atoms with Gasteiger partial charge in [0.2, 0.25) is 5.91 Å². The predicted octanol–water partition coefficient (Wildman–Crippen LogP) is 2.40. The van der Waals surface area contributed by atoms with Crippen molar-refractivity contribution in [2.45, 2.75) is 51.9 Å². The number of amides is 1. The summed E-state index contributed by atoms with van der Waals surface area (Å²) in [6.07, 6.45) is 8.16. The summed E-state index contributed by atoms with van der Waals surface area (Å²) >= 11 is 0. The van der Waals surface area contributed by atoms with E-state index in [1.54, 1.807) is 0 Å². The van der Waals surface area contributed by atoms with Gasteiger partial charge >= 0.3 is 0 Å². The van der Waals surface area contributed by atoms with Crippen LogP contribution in [0.2, 0.25) is 0 Å². The molecule has 1 amide bonds. The van der Waals surface area contributed by atoms with Crippen LogP contribution in [0.5, 0.6) is 0 Å². The Hall–Kier alpha value is 0.210. The fraction of sp³-hybridized carbons (Fsp3) is 0.727. The summed E-state index contributed by atoms with van der Waals surface area (Å²) in [5.74, 6) is -0.353. The van der Waals surface area contributed by atoms with Crippen molar-refractivity contribution in [2.75, 3.05) is 0 Å². The average molecular weight is 206 g/mol. The zero-order valence-corrected chi connectivity index (χ0v) is 11.6. The first-order valence-electron chi connectivity index (χ1n) is 5.16. The summed E-state index contributed by atoms with van der Waals surface area (Å²) in [4.78, 5) is 10.6. The molecule has 0 aliphatic rings. The van der Waals surface area contributed by atoms with Crippen LogP contribution in [0.1, 0.15) is 51.9 Å². The minimum atomic E-state index is -0.353. The zero-order chi connectivity index (χ0) is 10.1. The molecular formula is C11H21NNaO. The van der Waals surface area contributed by atoms with Crippen molar-refractivity contribution in [3.05, 3.63) is 12.2 Å². The van der Waals surface area contributed by atoms with E-state index in [1.165, 1.54) is 32.1 Å². The van der Waals surface area contributed by atoms with Gasteiger partial charge in [-0.25, -0.2) is 0 Å². The number of nitrogens with two attached hydrogens (primary N) is 1. The number of unbranched alkanes of at least 4 members (excludes halogenated alkanes) is 5. The van der Waals surface area contributed by atoms with Gasteiger partial charge in [-0.05, 0) is 12.8 Å². The van der Waals surface area contributed by atoms with Crippen molar-refractivity contribution >= 4 is 35.5 Å². The number of carbonyl (C=O) groups excluding carboxylic acids is 1. The quantitative estimate of drug-likeness (QED) is 0.370. The first-order chi connectivity index (χ1) is 6.18. The molecule has 2 nitrogen and oxygen atoms in total. The summed E-state index contributed by atoms with van der Waals surface area (Å²) in [6.45, 7) is 5.82. The molecule has 0 saturated heterocycles. The monoisotopic (exact) mass is 206 g/mol. The van der Waals surface area contributed by atoms with Crippen LogP contribution in [0.15, 0.2) is 12.2 Å². The molecule has 0 heterocycles. The van der Waals surface area contributed by atoms with E-state index in [0.29, 0.717) is 5.57 Å². The van der Waals surface area contributed by atoms with Crippen LogP contribution in [-0.4, -0.2) is 35.5 Å². The Kier molecular flexibility index (Phi) is 13.4. The summed E-state index contributed by atoms with van der Waals surface area (Å²) in [7, 11) is 0. The van der Waals surface area contributed by atoms with Gasteiger partial charge in [0.1, 0.15) is 0 Å². The van der Waals surface area contributed by atoms with Gasteiger partial charge in [-0.15, -0.1) is 0 Å². The topological polar surface area (TPSA) is 43.1 Å². The first-order valence-corrected chi connectivity index (χ1v) is 5.16. The minimum Gasteiger partial charge on any atom is -0.366 e. The number of primary amides is 1. The van der Waals surface area contributed by atoms with Crippen molar-refractivity contribution in [1.82, 2.24) is 0 Å². The minimum absolute atomic E-state index is 0. The second kappa shape index (κ2) is 11.3. The number of carbonyl (C=O) groups is 1. The maximum atomic E-state index is 10.6. The maximum Gasteiger partial charge on any atom is 0.244 e. The van der Waals surface area contributed by atoms with Crippen LogP contribution >= 0.6 is 0 Å². The SMILES string of the molecule is C=C(CCCCCCCC)C(N)=O.[Na]. The molecule has 0 atom stereocenters. The van der Waals surface area contributed by atoms with Crippen molar-refractivity contribution < 1.29 is 4.79 Å². The van der Waals surface area contributed by atoms with E-state index in [1.807, 2.05) is 0 Å². The average Bonchev–Trinajstić information content (AvgIpc) is 2.10. The molecule has 14 heavy (non-hydrogen) atoms. The van der Waals surface area contributed by atoms with Crippen LogP contribution < -0.4 is 5.73 Å². The third-order valence-corrected chi connectivity index (χ3v) is 2.18. The first kappa shape index (κ1) is 16.6. The van der Waals surface area contributed by atoms with Gasteiger partial charge < -0.3 is 5.73 Å². The molecular weight excluding hydrogens is 185 g/mol. The molecule has 0 saturated carbocycles. The molecule has 0 aliphatic carbocycles. The van der Waals surface area contributed by atoms with Crippen LogP contribution in [0, 0.1) is 0 Å². The Bertz CT molecular complexity index is 169. The van der Waals surface area contributed by atoms with Crippen LogP contribution in [0.4, 0.5) is 0 Å². The molecule has 0 aromatic heterocycles. The number of hydrogen-bond acceptors (Lipinski definition) is 1. The second-order valence-electron chi connectivity index (χ2n) is 3.49. The van der Waals surface area contributed by atoms with Gasteiger partial charge in [-0.2, -0.15) is 0 Å². The summed E-state index contributed by atoms with van der Waals surface area (Å²) in [6, 6.07) is 0. The molecule has 3 heteroatoms. The predicted molar refractivity (Wildman–Crippen MR) is 62.1 cm³/mol. The molecule has 0 aromatic rings. The van der Waals surface area contributed by atoms with E-state index >= 15 is 0 Å². The Balaban J connectivity index is 0. The molecule has 1 radical (unpaired) electrons. The van der Waals surface area contributed by atoms with Gasteiger partial charge in [0.25, 0.3) is 0 Å².